The normalized spacial score (nSPS) is 15.0. The number of carbonyl (C=O) groups is 2. The molecule has 0 radical (unpaired) electrons. The molecule has 0 heterocycles. The fraction of sp³-hybridized carbons (Fsp3) is 0.500. The van der Waals surface area contributed by atoms with Crippen LogP contribution in [0.15, 0.2) is 48.5 Å². The maximum absolute atomic E-state index is 13.8. The first-order valence-electron chi connectivity index (χ1n) is 13.0. The Balaban J connectivity index is 1.91. The fourth-order valence-electron chi connectivity index (χ4n) is 4.66. The van der Waals surface area contributed by atoms with Crippen LogP contribution in [-0.4, -0.2) is 56.6 Å². The molecule has 2 aromatic rings. The molecule has 202 valence electrons. The molecule has 8 nitrogen and oxygen atoms in total. The van der Waals surface area contributed by atoms with Gasteiger partial charge < -0.3 is 15.0 Å². The van der Waals surface area contributed by atoms with Gasteiger partial charge in [-0.05, 0) is 56.9 Å². The van der Waals surface area contributed by atoms with Crippen LogP contribution in [0.3, 0.4) is 0 Å². The van der Waals surface area contributed by atoms with E-state index >= 15 is 0 Å². The summed E-state index contributed by atoms with van der Waals surface area (Å²) in [6.45, 7) is 5.55. The van der Waals surface area contributed by atoms with E-state index in [1.165, 1.54) is 11.3 Å². The minimum absolute atomic E-state index is 0.102. The summed E-state index contributed by atoms with van der Waals surface area (Å²) < 4.78 is 32.4. The van der Waals surface area contributed by atoms with Gasteiger partial charge in [-0.25, -0.2) is 8.42 Å². The second-order valence-electron chi connectivity index (χ2n) is 9.64. The molecule has 1 aliphatic carbocycles. The van der Waals surface area contributed by atoms with Gasteiger partial charge in [0.25, 0.3) is 0 Å². The van der Waals surface area contributed by atoms with Crippen molar-refractivity contribution in [3.63, 3.8) is 0 Å². The van der Waals surface area contributed by atoms with Crippen molar-refractivity contribution >= 4 is 27.5 Å². The van der Waals surface area contributed by atoms with Crippen LogP contribution in [0.1, 0.15) is 57.1 Å². The highest BCUT2D eigenvalue weighted by Gasteiger charge is 2.32. The highest BCUT2D eigenvalue weighted by molar-refractivity contribution is 7.92. The van der Waals surface area contributed by atoms with Crippen molar-refractivity contribution in [2.24, 2.45) is 0 Å². The van der Waals surface area contributed by atoms with Gasteiger partial charge in [0.1, 0.15) is 18.3 Å². The smallest absolute Gasteiger partial charge is 0.244 e. The van der Waals surface area contributed by atoms with Gasteiger partial charge >= 0.3 is 0 Å². The average Bonchev–Trinajstić information content (AvgIpc) is 2.87. The SMILES string of the molecule is CCOc1ccccc1N(CC(=O)N(Cc1ccccc1C)[C@H](C)C(=O)NC1CCCCC1)S(C)(=O)=O. The number of nitrogens with one attached hydrogen (secondary N) is 1. The number of nitrogens with zero attached hydrogens (tertiary/aromatic N) is 2. The Morgan fingerprint density at radius 1 is 1.05 bits per heavy atom. The number of carbonyl (C=O) groups excluding carboxylic acids is 2. The molecule has 0 aliphatic heterocycles. The number of ether oxygens (including phenoxy) is 1. The molecule has 0 saturated heterocycles. The maximum atomic E-state index is 13.8. The zero-order chi connectivity index (χ0) is 27.0. The highest BCUT2D eigenvalue weighted by atomic mass is 32.2. The number of amides is 2. The summed E-state index contributed by atoms with van der Waals surface area (Å²) in [6, 6.07) is 13.7. The largest absolute Gasteiger partial charge is 0.492 e. The van der Waals surface area contributed by atoms with Crippen LogP contribution in [0.25, 0.3) is 0 Å². The number of hydrogen-bond donors (Lipinski definition) is 1. The van der Waals surface area contributed by atoms with Crippen molar-refractivity contribution in [1.82, 2.24) is 10.2 Å². The van der Waals surface area contributed by atoms with Crippen LogP contribution >= 0.6 is 0 Å². The van der Waals surface area contributed by atoms with E-state index in [0.29, 0.717) is 12.4 Å². The van der Waals surface area contributed by atoms with Crippen molar-refractivity contribution in [1.29, 1.82) is 0 Å². The first-order chi connectivity index (χ1) is 17.6. The third-order valence-electron chi connectivity index (χ3n) is 6.83. The van der Waals surface area contributed by atoms with Crippen LogP contribution in [0.2, 0.25) is 0 Å². The van der Waals surface area contributed by atoms with Gasteiger partial charge in [0, 0.05) is 12.6 Å². The molecule has 2 aromatic carbocycles. The van der Waals surface area contributed by atoms with Gasteiger partial charge in [0.15, 0.2) is 0 Å². The van der Waals surface area contributed by atoms with Gasteiger partial charge in [-0.15, -0.1) is 0 Å². The minimum atomic E-state index is -3.83. The molecule has 1 atom stereocenters. The predicted molar refractivity (Wildman–Crippen MR) is 146 cm³/mol. The molecule has 1 fully saturated rings. The second kappa shape index (κ2) is 12.9. The molecule has 0 unspecified atom stereocenters. The molecule has 2 amide bonds. The van der Waals surface area contributed by atoms with Gasteiger partial charge in [-0.2, -0.15) is 0 Å². The fourth-order valence-corrected chi connectivity index (χ4v) is 5.51. The summed E-state index contributed by atoms with van der Waals surface area (Å²) >= 11 is 0. The van der Waals surface area contributed by atoms with E-state index in [9.17, 15) is 18.0 Å². The van der Waals surface area contributed by atoms with E-state index in [2.05, 4.69) is 5.32 Å². The summed E-state index contributed by atoms with van der Waals surface area (Å²) in [5.41, 5.74) is 2.17. The highest BCUT2D eigenvalue weighted by Crippen LogP contribution is 2.30. The number of anilines is 1. The molecule has 0 spiro atoms. The molecule has 9 heteroatoms. The summed E-state index contributed by atoms with van der Waals surface area (Å²) in [4.78, 5) is 28.5. The Hall–Kier alpha value is -3.07. The van der Waals surface area contributed by atoms with Crippen molar-refractivity contribution < 1.29 is 22.7 Å². The molecule has 1 saturated carbocycles. The topological polar surface area (TPSA) is 96.0 Å². The predicted octanol–water partition coefficient (Wildman–Crippen LogP) is 4.03. The number of para-hydroxylation sites is 2. The zero-order valence-corrected chi connectivity index (χ0v) is 23.1. The van der Waals surface area contributed by atoms with Crippen LogP contribution in [0.4, 0.5) is 5.69 Å². The molecule has 37 heavy (non-hydrogen) atoms. The molecular weight excluding hydrogens is 490 g/mol. The van der Waals surface area contributed by atoms with E-state index in [0.717, 1.165) is 47.4 Å². The van der Waals surface area contributed by atoms with Gasteiger partial charge in [-0.1, -0.05) is 55.7 Å². The number of sulfonamides is 1. The molecule has 1 aliphatic rings. The van der Waals surface area contributed by atoms with E-state index < -0.39 is 28.5 Å². The van der Waals surface area contributed by atoms with E-state index in [4.69, 9.17) is 4.74 Å². The summed E-state index contributed by atoms with van der Waals surface area (Å²) in [7, 11) is -3.83. The Morgan fingerprint density at radius 3 is 2.35 bits per heavy atom. The number of rotatable bonds is 11. The lowest BCUT2D eigenvalue weighted by Gasteiger charge is -2.33. The maximum Gasteiger partial charge on any atom is 0.244 e. The van der Waals surface area contributed by atoms with Crippen molar-refractivity contribution in [3.8, 4) is 5.75 Å². The van der Waals surface area contributed by atoms with Gasteiger partial charge in [0.05, 0.1) is 18.6 Å². The van der Waals surface area contributed by atoms with Crippen molar-refractivity contribution in [2.75, 3.05) is 23.7 Å². The van der Waals surface area contributed by atoms with Gasteiger partial charge in [0.2, 0.25) is 21.8 Å². The summed E-state index contributed by atoms with van der Waals surface area (Å²) in [5, 5.41) is 3.11. The molecule has 0 aromatic heterocycles. The summed E-state index contributed by atoms with van der Waals surface area (Å²) in [5.74, 6) is -0.322. The van der Waals surface area contributed by atoms with Crippen LogP contribution in [0, 0.1) is 6.92 Å². The first kappa shape index (κ1) is 28.5. The Labute approximate surface area is 221 Å². The quantitative estimate of drug-likeness (QED) is 0.474. The number of benzene rings is 2. The van der Waals surface area contributed by atoms with Crippen molar-refractivity contribution in [2.45, 2.75) is 71.5 Å². The number of hydrogen-bond acceptors (Lipinski definition) is 5. The van der Waals surface area contributed by atoms with Crippen molar-refractivity contribution in [3.05, 3.63) is 59.7 Å². The second-order valence-corrected chi connectivity index (χ2v) is 11.5. The molecule has 1 N–H and O–H groups in total. The first-order valence-corrected chi connectivity index (χ1v) is 14.8. The zero-order valence-electron chi connectivity index (χ0n) is 22.3. The minimum Gasteiger partial charge on any atom is -0.492 e. The molecule has 0 bridgehead atoms. The lowest BCUT2D eigenvalue weighted by Crippen LogP contribution is -2.53. The molecule has 3 rings (SSSR count). The Bertz CT molecular complexity index is 1180. The van der Waals surface area contributed by atoms with Crippen LogP contribution in [0.5, 0.6) is 5.75 Å². The monoisotopic (exact) mass is 529 g/mol. The third kappa shape index (κ3) is 7.71. The summed E-state index contributed by atoms with van der Waals surface area (Å²) in [6.07, 6.45) is 6.25. The number of aryl methyl sites for hydroxylation is 1. The van der Waals surface area contributed by atoms with Gasteiger partial charge in [-0.3, -0.25) is 13.9 Å². The Kier molecular flexibility index (Phi) is 9.97. The Morgan fingerprint density at radius 2 is 1.70 bits per heavy atom. The van der Waals surface area contributed by atoms with E-state index in [1.807, 2.05) is 38.1 Å². The van der Waals surface area contributed by atoms with E-state index in [1.54, 1.807) is 31.2 Å². The van der Waals surface area contributed by atoms with E-state index in [-0.39, 0.29) is 24.2 Å². The lowest BCUT2D eigenvalue weighted by atomic mass is 9.95. The average molecular weight is 530 g/mol. The third-order valence-corrected chi connectivity index (χ3v) is 7.96. The molecular formula is C28H39N3O5S. The standard InChI is InChI=1S/C28H39N3O5S/c1-5-36-26-18-12-11-17-25(26)31(37(4,34)35)20-27(32)30(19-23-14-10-9-13-21(23)2)22(3)28(33)29-24-15-7-6-8-16-24/h9-14,17-18,22,24H,5-8,15-16,19-20H2,1-4H3,(H,29,33)/t22-/m1/s1. The lowest BCUT2D eigenvalue weighted by molar-refractivity contribution is -0.139. The van der Waals surface area contributed by atoms with Crippen LogP contribution < -0.4 is 14.4 Å². The van der Waals surface area contributed by atoms with Crippen LogP contribution in [-0.2, 0) is 26.2 Å².